The third-order valence-corrected chi connectivity index (χ3v) is 6.55. The van der Waals surface area contributed by atoms with Gasteiger partial charge in [0.1, 0.15) is 0 Å². The van der Waals surface area contributed by atoms with Crippen LogP contribution in [0.15, 0.2) is 53.4 Å². The van der Waals surface area contributed by atoms with Crippen molar-refractivity contribution in [3.63, 3.8) is 0 Å². The van der Waals surface area contributed by atoms with E-state index in [1.165, 1.54) is 40.2 Å². The number of thioether (sulfide) groups is 2. The summed E-state index contributed by atoms with van der Waals surface area (Å²) in [5.41, 5.74) is 4.14. The zero-order chi connectivity index (χ0) is 18.1. The standard InChI is InChI=1S/C22H31NS2/c1-5-6-16-24-21-13-11-20(12-14-21)22(25-17-15-23(3)4)19-9-7-18(2)8-10-19/h7-14,22H,5-6,15-17H2,1-4H3. The SMILES string of the molecule is CCCCSc1ccc(C(SCCN(C)C)c2ccc(C)cc2)cc1. The van der Waals surface area contributed by atoms with E-state index < -0.39 is 0 Å². The fourth-order valence-corrected chi connectivity index (χ4v) is 4.96. The van der Waals surface area contributed by atoms with Gasteiger partial charge < -0.3 is 4.90 Å². The largest absolute Gasteiger partial charge is 0.309 e. The first-order valence-electron chi connectivity index (χ1n) is 9.16. The van der Waals surface area contributed by atoms with Gasteiger partial charge in [-0.1, -0.05) is 55.3 Å². The van der Waals surface area contributed by atoms with Gasteiger partial charge in [-0.3, -0.25) is 0 Å². The molecule has 1 nitrogen and oxygen atoms in total. The van der Waals surface area contributed by atoms with E-state index in [9.17, 15) is 0 Å². The molecule has 0 radical (unpaired) electrons. The molecule has 1 unspecified atom stereocenters. The molecule has 0 N–H and O–H groups in total. The minimum absolute atomic E-state index is 0.412. The van der Waals surface area contributed by atoms with E-state index in [1.54, 1.807) is 0 Å². The van der Waals surface area contributed by atoms with Gasteiger partial charge >= 0.3 is 0 Å². The molecule has 0 saturated heterocycles. The molecule has 0 saturated carbocycles. The fraction of sp³-hybridized carbons (Fsp3) is 0.455. The highest BCUT2D eigenvalue weighted by Crippen LogP contribution is 2.36. The van der Waals surface area contributed by atoms with Gasteiger partial charge in [0.15, 0.2) is 0 Å². The summed E-state index contributed by atoms with van der Waals surface area (Å²) in [7, 11) is 4.29. The molecule has 0 bridgehead atoms. The molecule has 2 aromatic carbocycles. The smallest absolute Gasteiger partial charge is 0.0547 e. The van der Waals surface area contributed by atoms with Crippen LogP contribution in [-0.2, 0) is 0 Å². The molecule has 0 fully saturated rings. The number of aryl methyl sites for hydroxylation is 1. The fourth-order valence-electron chi connectivity index (χ4n) is 2.55. The molecule has 25 heavy (non-hydrogen) atoms. The van der Waals surface area contributed by atoms with Gasteiger partial charge in [0, 0.05) is 17.2 Å². The van der Waals surface area contributed by atoms with E-state index in [2.05, 4.69) is 81.4 Å². The van der Waals surface area contributed by atoms with Gasteiger partial charge in [0.2, 0.25) is 0 Å². The van der Waals surface area contributed by atoms with E-state index >= 15 is 0 Å². The number of benzene rings is 2. The maximum atomic E-state index is 2.32. The summed E-state index contributed by atoms with van der Waals surface area (Å²) < 4.78 is 0. The lowest BCUT2D eigenvalue weighted by Crippen LogP contribution is -2.15. The van der Waals surface area contributed by atoms with Crippen molar-refractivity contribution in [3.8, 4) is 0 Å². The summed E-state index contributed by atoms with van der Waals surface area (Å²) in [4.78, 5) is 3.64. The van der Waals surface area contributed by atoms with Gasteiger partial charge in [0.25, 0.3) is 0 Å². The molecular weight excluding hydrogens is 342 g/mol. The van der Waals surface area contributed by atoms with Gasteiger partial charge in [-0.2, -0.15) is 0 Å². The minimum Gasteiger partial charge on any atom is -0.309 e. The van der Waals surface area contributed by atoms with Crippen LogP contribution >= 0.6 is 23.5 Å². The third kappa shape index (κ3) is 7.08. The minimum atomic E-state index is 0.412. The lowest BCUT2D eigenvalue weighted by Gasteiger charge is -2.19. The van der Waals surface area contributed by atoms with Crippen molar-refractivity contribution in [1.29, 1.82) is 0 Å². The van der Waals surface area contributed by atoms with Crippen LogP contribution in [0.5, 0.6) is 0 Å². The van der Waals surface area contributed by atoms with E-state index in [0.29, 0.717) is 5.25 Å². The Morgan fingerprint density at radius 2 is 1.48 bits per heavy atom. The van der Waals surface area contributed by atoms with Crippen molar-refractivity contribution in [1.82, 2.24) is 4.90 Å². The Hall–Kier alpha value is -0.900. The second-order valence-electron chi connectivity index (χ2n) is 6.74. The van der Waals surface area contributed by atoms with Crippen LogP contribution in [-0.4, -0.2) is 37.0 Å². The molecule has 2 rings (SSSR count). The molecule has 2 aromatic rings. The molecule has 0 spiro atoms. The van der Waals surface area contributed by atoms with Crippen LogP contribution < -0.4 is 0 Å². The lowest BCUT2D eigenvalue weighted by molar-refractivity contribution is 0.437. The molecular formula is C22H31NS2. The maximum Gasteiger partial charge on any atom is 0.0547 e. The summed E-state index contributed by atoms with van der Waals surface area (Å²) >= 11 is 4.01. The second kappa shape index (κ2) is 10.9. The summed E-state index contributed by atoms with van der Waals surface area (Å²) in [6.07, 6.45) is 2.56. The van der Waals surface area contributed by atoms with E-state index in [0.717, 1.165) is 12.3 Å². The highest BCUT2D eigenvalue weighted by atomic mass is 32.2. The number of unbranched alkanes of at least 4 members (excludes halogenated alkanes) is 1. The zero-order valence-corrected chi connectivity index (χ0v) is 17.6. The summed E-state index contributed by atoms with van der Waals surface area (Å²) in [5.74, 6) is 2.35. The molecule has 0 aliphatic rings. The second-order valence-corrected chi connectivity index (χ2v) is 9.12. The number of nitrogens with zero attached hydrogens (tertiary/aromatic N) is 1. The number of rotatable bonds is 10. The van der Waals surface area contributed by atoms with Gasteiger partial charge in [-0.05, 0) is 56.5 Å². The molecule has 0 amide bonds. The van der Waals surface area contributed by atoms with Crippen molar-refractivity contribution in [2.24, 2.45) is 0 Å². The summed E-state index contributed by atoms with van der Waals surface area (Å²) in [5, 5.41) is 0.412. The molecule has 0 aliphatic carbocycles. The Morgan fingerprint density at radius 1 is 0.880 bits per heavy atom. The predicted molar refractivity (Wildman–Crippen MR) is 116 cm³/mol. The van der Waals surface area contributed by atoms with Crippen LogP contribution in [0.4, 0.5) is 0 Å². The van der Waals surface area contributed by atoms with Crippen molar-refractivity contribution in [2.45, 2.75) is 36.8 Å². The van der Waals surface area contributed by atoms with Crippen molar-refractivity contribution >= 4 is 23.5 Å². The van der Waals surface area contributed by atoms with Crippen LogP contribution in [0.3, 0.4) is 0 Å². The first-order valence-corrected chi connectivity index (χ1v) is 11.2. The topological polar surface area (TPSA) is 3.24 Å². The molecule has 0 aliphatic heterocycles. The van der Waals surface area contributed by atoms with Gasteiger partial charge in [-0.25, -0.2) is 0 Å². The van der Waals surface area contributed by atoms with Crippen LogP contribution in [0.25, 0.3) is 0 Å². The monoisotopic (exact) mass is 373 g/mol. The summed E-state index contributed by atoms with van der Waals surface area (Å²) in [6.45, 7) is 5.51. The van der Waals surface area contributed by atoms with Crippen molar-refractivity contribution in [3.05, 3.63) is 65.2 Å². The van der Waals surface area contributed by atoms with Crippen LogP contribution in [0.1, 0.15) is 41.7 Å². The average molecular weight is 374 g/mol. The normalized spacial score (nSPS) is 12.5. The maximum absolute atomic E-state index is 2.32. The Labute approximate surface area is 162 Å². The van der Waals surface area contributed by atoms with Crippen molar-refractivity contribution in [2.75, 3.05) is 32.1 Å². The Balaban J connectivity index is 2.11. The Morgan fingerprint density at radius 3 is 2.04 bits per heavy atom. The molecule has 3 heteroatoms. The molecule has 1 atom stereocenters. The quantitative estimate of drug-likeness (QED) is 0.357. The highest BCUT2D eigenvalue weighted by Gasteiger charge is 2.15. The zero-order valence-electron chi connectivity index (χ0n) is 16.0. The summed E-state index contributed by atoms with van der Waals surface area (Å²) in [6, 6.07) is 18.3. The van der Waals surface area contributed by atoms with E-state index in [4.69, 9.17) is 0 Å². The lowest BCUT2D eigenvalue weighted by atomic mass is 10.0. The number of hydrogen-bond acceptors (Lipinski definition) is 3. The van der Waals surface area contributed by atoms with E-state index in [1.807, 2.05) is 23.5 Å². The third-order valence-electron chi connectivity index (χ3n) is 4.15. The number of hydrogen-bond donors (Lipinski definition) is 0. The molecule has 136 valence electrons. The van der Waals surface area contributed by atoms with Crippen LogP contribution in [0.2, 0.25) is 0 Å². The Bertz CT molecular complexity index is 605. The molecule has 0 heterocycles. The van der Waals surface area contributed by atoms with Gasteiger partial charge in [-0.15, -0.1) is 23.5 Å². The average Bonchev–Trinajstić information content (AvgIpc) is 2.61. The van der Waals surface area contributed by atoms with Gasteiger partial charge in [0.05, 0.1) is 5.25 Å². The predicted octanol–water partition coefficient (Wildman–Crippen LogP) is 6.27. The highest BCUT2D eigenvalue weighted by molar-refractivity contribution is 7.99. The van der Waals surface area contributed by atoms with E-state index in [-0.39, 0.29) is 0 Å². The van der Waals surface area contributed by atoms with Crippen molar-refractivity contribution < 1.29 is 0 Å². The first-order chi connectivity index (χ1) is 12.1. The first kappa shape index (κ1) is 20.4. The van der Waals surface area contributed by atoms with Crippen LogP contribution in [0, 0.1) is 6.92 Å². The molecule has 0 aromatic heterocycles. The Kier molecular flexibility index (Phi) is 8.94.